The van der Waals surface area contributed by atoms with Crippen molar-refractivity contribution in [1.29, 1.82) is 0 Å². The Morgan fingerprint density at radius 1 is 0.128 bits per heavy atom. The lowest BCUT2D eigenvalue weighted by atomic mass is 9.83. The molecule has 0 spiro atoms. The van der Waals surface area contributed by atoms with Gasteiger partial charge >= 0.3 is 0 Å². The van der Waals surface area contributed by atoms with Crippen LogP contribution in [0.15, 0.2) is 328 Å². The molecule has 0 heterocycles. The quantitative estimate of drug-likeness (QED) is 0.133. The molecule has 0 N–H and O–H groups in total. The van der Waals surface area contributed by atoms with E-state index in [1.54, 1.807) is 0 Å². The zero-order chi connectivity index (χ0) is 56.7. The third-order valence-corrected chi connectivity index (χ3v) is 18.2. The third-order valence-electron chi connectivity index (χ3n) is 18.2. The monoisotopic (exact) mass is 1090 g/mol. The number of hydrogen-bond donors (Lipinski definition) is 0. The van der Waals surface area contributed by atoms with Crippen molar-refractivity contribution in [3.05, 3.63) is 328 Å². The van der Waals surface area contributed by atoms with Crippen LogP contribution in [-0.2, 0) is 0 Å². The molecule has 17 aromatic carbocycles. The molecule has 17 rings (SSSR count). The van der Waals surface area contributed by atoms with Gasteiger partial charge in [-0.3, -0.25) is 0 Å². The molecule has 0 bridgehead atoms. The summed E-state index contributed by atoms with van der Waals surface area (Å²) in [6, 6.07) is 122. The van der Waals surface area contributed by atoms with E-state index in [1.807, 2.05) is 0 Å². The Balaban J connectivity index is 0.859. The van der Waals surface area contributed by atoms with Gasteiger partial charge in [0.2, 0.25) is 0 Å². The molecule has 17 aromatic rings. The van der Waals surface area contributed by atoms with E-state index in [0.717, 1.165) is 0 Å². The van der Waals surface area contributed by atoms with Crippen molar-refractivity contribution in [2.24, 2.45) is 0 Å². The number of fused-ring (bicyclic) bond motifs is 8. The molecule has 0 saturated heterocycles. The summed E-state index contributed by atoms with van der Waals surface area (Å²) in [6.07, 6.45) is 0. The largest absolute Gasteiger partial charge is 0.0616 e. The zero-order valence-electron chi connectivity index (χ0n) is 47.2. The maximum Gasteiger partial charge on any atom is -0.00201 e. The summed E-state index contributed by atoms with van der Waals surface area (Å²) in [6.45, 7) is 0. The first kappa shape index (κ1) is 49.4. The second kappa shape index (κ2) is 20.3. The minimum Gasteiger partial charge on any atom is -0.0616 e. The van der Waals surface area contributed by atoms with Gasteiger partial charge in [0.15, 0.2) is 0 Å². The van der Waals surface area contributed by atoms with E-state index >= 15 is 0 Å². The first-order valence-electron chi connectivity index (χ1n) is 29.9. The highest BCUT2D eigenvalue weighted by molar-refractivity contribution is 6.23. The summed E-state index contributed by atoms with van der Waals surface area (Å²) in [5, 5.41) is 19.7. The van der Waals surface area contributed by atoms with Gasteiger partial charge in [0.05, 0.1) is 0 Å². The molecule has 0 atom stereocenters. The molecule has 0 saturated carbocycles. The normalized spacial score (nSPS) is 11.7. The molecule has 0 aliphatic rings. The standard InChI is InChI=1S/C86H54/c1-5-32-65-55(20-1)24-15-40-69(65)61-47-46-59-48-49-80(72-42-17-26-57-22-3-7-34-67(57)72)85(82(59)54-61)64-31-14-30-63(53-64)84-78-38-11-9-36-76(78)83(77-37-10-12-39-79(77)84)62-29-13-28-60(52-62)70-50-51-81(73-43-18-27-58-23-4-8-35-68(58)73)86-74(70)44-19-45-75(86)71-41-16-25-56-21-2-6-33-66(56)71/h1-54H. The molecule has 0 aliphatic heterocycles. The van der Waals surface area contributed by atoms with Crippen molar-refractivity contribution < 1.29 is 0 Å². The van der Waals surface area contributed by atoms with Crippen LogP contribution in [0.5, 0.6) is 0 Å². The second-order valence-corrected chi connectivity index (χ2v) is 22.9. The lowest BCUT2D eigenvalue weighted by Crippen LogP contribution is -1.93. The summed E-state index contributed by atoms with van der Waals surface area (Å²) in [7, 11) is 0. The van der Waals surface area contributed by atoms with Crippen LogP contribution in [-0.4, -0.2) is 0 Å². The molecule has 0 radical (unpaired) electrons. The highest BCUT2D eigenvalue weighted by Gasteiger charge is 2.22. The predicted molar refractivity (Wildman–Crippen MR) is 370 cm³/mol. The fourth-order valence-electron chi connectivity index (χ4n) is 14.4. The Kier molecular flexibility index (Phi) is 11.7. The average Bonchev–Trinajstić information content (AvgIpc) is 1.38. The molecular weight excluding hydrogens is 1030 g/mol. The average molecular weight is 1090 g/mol. The minimum absolute atomic E-state index is 1.18. The van der Waals surface area contributed by atoms with Crippen molar-refractivity contribution in [2.45, 2.75) is 0 Å². The van der Waals surface area contributed by atoms with Crippen LogP contribution < -0.4 is 0 Å². The van der Waals surface area contributed by atoms with E-state index in [-0.39, 0.29) is 0 Å². The van der Waals surface area contributed by atoms with Gasteiger partial charge in [-0.1, -0.05) is 309 Å². The van der Waals surface area contributed by atoms with Crippen LogP contribution in [0.2, 0.25) is 0 Å². The van der Waals surface area contributed by atoms with E-state index in [9.17, 15) is 0 Å². The molecular formula is C86H54. The number of benzene rings is 17. The number of hydrogen-bond acceptors (Lipinski definition) is 0. The molecule has 0 aromatic heterocycles. The maximum absolute atomic E-state index is 2.46. The van der Waals surface area contributed by atoms with Crippen LogP contribution >= 0.6 is 0 Å². The molecule has 0 amide bonds. The van der Waals surface area contributed by atoms with Crippen LogP contribution in [0.3, 0.4) is 0 Å². The lowest BCUT2D eigenvalue weighted by molar-refractivity contribution is 1.61. The summed E-state index contributed by atoms with van der Waals surface area (Å²) in [5.41, 5.74) is 19.4. The van der Waals surface area contributed by atoms with E-state index in [4.69, 9.17) is 0 Å². The molecule has 398 valence electrons. The maximum atomic E-state index is 2.46. The van der Waals surface area contributed by atoms with Gasteiger partial charge in [-0.2, -0.15) is 0 Å². The van der Waals surface area contributed by atoms with Crippen molar-refractivity contribution >= 4 is 86.2 Å². The van der Waals surface area contributed by atoms with Crippen molar-refractivity contribution in [3.8, 4) is 89.0 Å². The second-order valence-electron chi connectivity index (χ2n) is 22.9. The summed E-state index contributed by atoms with van der Waals surface area (Å²) in [4.78, 5) is 0. The Morgan fingerprint density at radius 3 is 0.942 bits per heavy atom. The molecule has 0 unspecified atom stereocenters. The molecule has 86 heavy (non-hydrogen) atoms. The molecule has 0 nitrogen and oxygen atoms in total. The highest BCUT2D eigenvalue weighted by Crippen LogP contribution is 2.49. The Morgan fingerprint density at radius 2 is 0.419 bits per heavy atom. The van der Waals surface area contributed by atoms with Gasteiger partial charge in [0.1, 0.15) is 0 Å². The number of rotatable bonds is 8. The molecule has 0 fully saturated rings. The van der Waals surface area contributed by atoms with Crippen LogP contribution in [0.25, 0.3) is 175 Å². The van der Waals surface area contributed by atoms with E-state index in [0.29, 0.717) is 0 Å². The van der Waals surface area contributed by atoms with E-state index in [2.05, 4.69) is 328 Å². The fraction of sp³-hybridized carbons (Fsp3) is 0. The SMILES string of the molecule is c1cc(-c2c(-c3cccc4ccccc34)ccc3ccc(-c4cccc5ccccc45)cc23)cc(-c2c3ccccc3c(-c3cccc(-c4ccc(-c5cccc6ccccc56)c5c(-c6cccc7ccccc67)cccc45)c3)c3ccccc23)c1. The van der Waals surface area contributed by atoms with Gasteiger partial charge < -0.3 is 0 Å². The van der Waals surface area contributed by atoms with Crippen molar-refractivity contribution in [3.63, 3.8) is 0 Å². The van der Waals surface area contributed by atoms with Crippen molar-refractivity contribution in [2.75, 3.05) is 0 Å². The van der Waals surface area contributed by atoms with Crippen molar-refractivity contribution in [1.82, 2.24) is 0 Å². The van der Waals surface area contributed by atoms with E-state index in [1.165, 1.54) is 175 Å². The van der Waals surface area contributed by atoms with Crippen LogP contribution in [0.4, 0.5) is 0 Å². The van der Waals surface area contributed by atoms with Gasteiger partial charge in [-0.05, 0) is 193 Å². The first-order valence-corrected chi connectivity index (χ1v) is 29.9. The third kappa shape index (κ3) is 8.06. The molecule has 0 heteroatoms. The van der Waals surface area contributed by atoms with Gasteiger partial charge in [0, 0.05) is 0 Å². The first-order chi connectivity index (χ1) is 42.7. The molecule has 0 aliphatic carbocycles. The van der Waals surface area contributed by atoms with Gasteiger partial charge in [-0.15, -0.1) is 0 Å². The highest BCUT2D eigenvalue weighted by atomic mass is 14.3. The van der Waals surface area contributed by atoms with Gasteiger partial charge in [-0.25, -0.2) is 0 Å². The van der Waals surface area contributed by atoms with E-state index < -0.39 is 0 Å². The zero-order valence-corrected chi connectivity index (χ0v) is 47.2. The smallest absolute Gasteiger partial charge is 0.00201 e. The summed E-state index contributed by atoms with van der Waals surface area (Å²) >= 11 is 0. The lowest BCUT2D eigenvalue weighted by Gasteiger charge is -2.20. The fourth-order valence-corrected chi connectivity index (χ4v) is 14.4. The minimum atomic E-state index is 1.18. The Labute approximate surface area is 499 Å². The summed E-state index contributed by atoms with van der Waals surface area (Å²) < 4.78 is 0. The van der Waals surface area contributed by atoms with Gasteiger partial charge in [0.25, 0.3) is 0 Å². The van der Waals surface area contributed by atoms with Crippen LogP contribution in [0, 0.1) is 0 Å². The van der Waals surface area contributed by atoms with Crippen LogP contribution in [0.1, 0.15) is 0 Å². The Bertz CT molecular complexity index is 5430. The topological polar surface area (TPSA) is 0 Å². The Hall–Kier alpha value is -11.2. The predicted octanol–water partition coefficient (Wildman–Crippen LogP) is 24.2. The summed E-state index contributed by atoms with van der Waals surface area (Å²) in [5.74, 6) is 0.